The molecule has 1 aliphatic rings. The fourth-order valence-electron chi connectivity index (χ4n) is 2.12. The highest BCUT2D eigenvalue weighted by molar-refractivity contribution is 5.30. The van der Waals surface area contributed by atoms with Crippen molar-refractivity contribution in [1.82, 2.24) is 15.3 Å². The maximum Gasteiger partial charge on any atom is 0.123 e. The van der Waals surface area contributed by atoms with Crippen LogP contribution in [-0.2, 0) is 13.0 Å². The number of aromatic nitrogens is 2. The molecule has 3 rings (SSSR count). The van der Waals surface area contributed by atoms with Crippen molar-refractivity contribution in [2.45, 2.75) is 19.0 Å². The molecule has 3 heteroatoms. The molecule has 1 aromatic carbocycles. The molecule has 1 atom stereocenters. The van der Waals surface area contributed by atoms with E-state index >= 15 is 0 Å². The second-order valence-electron chi connectivity index (χ2n) is 3.88. The van der Waals surface area contributed by atoms with E-state index in [1.54, 1.807) is 6.20 Å². The van der Waals surface area contributed by atoms with Crippen molar-refractivity contribution in [1.29, 1.82) is 0 Å². The SMILES string of the molecule is c1ccc2c(c1)CNC(c1ncc[nH]1)C2. The zero-order chi connectivity index (χ0) is 10.1. The normalized spacial score (nSPS) is 19.9. The van der Waals surface area contributed by atoms with Gasteiger partial charge in [-0.05, 0) is 17.5 Å². The molecule has 0 aliphatic carbocycles. The number of nitrogens with one attached hydrogen (secondary N) is 2. The van der Waals surface area contributed by atoms with Gasteiger partial charge < -0.3 is 10.3 Å². The van der Waals surface area contributed by atoms with Gasteiger partial charge in [0.15, 0.2) is 0 Å². The molecule has 1 aliphatic heterocycles. The van der Waals surface area contributed by atoms with Gasteiger partial charge in [0.2, 0.25) is 0 Å². The number of aromatic amines is 1. The van der Waals surface area contributed by atoms with Crippen LogP contribution in [0.1, 0.15) is 23.0 Å². The fraction of sp³-hybridized carbons (Fsp3) is 0.250. The molecule has 0 fully saturated rings. The smallest absolute Gasteiger partial charge is 0.123 e. The number of rotatable bonds is 1. The summed E-state index contributed by atoms with van der Waals surface area (Å²) in [5.41, 5.74) is 2.83. The van der Waals surface area contributed by atoms with Gasteiger partial charge in [0.1, 0.15) is 5.82 Å². The van der Waals surface area contributed by atoms with Crippen LogP contribution in [0.4, 0.5) is 0 Å². The topological polar surface area (TPSA) is 40.7 Å². The van der Waals surface area contributed by atoms with Gasteiger partial charge in [-0.3, -0.25) is 0 Å². The summed E-state index contributed by atoms with van der Waals surface area (Å²) in [7, 11) is 0. The molecule has 0 spiro atoms. The lowest BCUT2D eigenvalue weighted by Crippen LogP contribution is -2.29. The van der Waals surface area contributed by atoms with Gasteiger partial charge in [-0.15, -0.1) is 0 Å². The Morgan fingerprint density at radius 1 is 1.20 bits per heavy atom. The number of benzene rings is 1. The molecular formula is C12H13N3. The monoisotopic (exact) mass is 199 g/mol. The summed E-state index contributed by atoms with van der Waals surface area (Å²) < 4.78 is 0. The lowest BCUT2D eigenvalue weighted by Gasteiger charge is -2.24. The standard InChI is InChI=1S/C12H13N3/c1-2-4-10-8-15-11(7-9(10)3-1)12-13-5-6-14-12/h1-6,11,15H,7-8H2,(H,13,14). The summed E-state index contributed by atoms with van der Waals surface area (Å²) in [6, 6.07) is 8.90. The third-order valence-electron chi connectivity index (χ3n) is 2.93. The molecule has 0 radical (unpaired) electrons. The van der Waals surface area contributed by atoms with Crippen molar-refractivity contribution in [2.75, 3.05) is 0 Å². The molecule has 0 saturated carbocycles. The van der Waals surface area contributed by atoms with Crippen LogP contribution in [0.25, 0.3) is 0 Å². The van der Waals surface area contributed by atoms with Gasteiger partial charge in [-0.1, -0.05) is 24.3 Å². The molecule has 15 heavy (non-hydrogen) atoms. The van der Waals surface area contributed by atoms with Gasteiger partial charge in [-0.25, -0.2) is 4.98 Å². The summed E-state index contributed by atoms with van der Waals surface area (Å²) in [5, 5.41) is 3.48. The van der Waals surface area contributed by atoms with Crippen molar-refractivity contribution in [3.05, 3.63) is 53.6 Å². The van der Waals surface area contributed by atoms with Crippen LogP contribution in [0.3, 0.4) is 0 Å². The van der Waals surface area contributed by atoms with Crippen molar-refractivity contribution >= 4 is 0 Å². The van der Waals surface area contributed by atoms with Crippen LogP contribution in [-0.4, -0.2) is 9.97 Å². The van der Waals surface area contributed by atoms with Crippen molar-refractivity contribution in [3.8, 4) is 0 Å². The summed E-state index contributed by atoms with van der Waals surface area (Å²) in [6.45, 7) is 0.932. The van der Waals surface area contributed by atoms with Crippen molar-refractivity contribution < 1.29 is 0 Å². The Hall–Kier alpha value is -1.61. The molecule has 1 unspecified atom stereocenters. The number of H-pyrrole nitrogens is 1. The molecule has 1 aromatic heterocycles. The Morgan fingerprint density at radius 2 is 2.07 bits per heavy atom. The van der Waals surface area contributed by atoms with Gasteiger partial charge in [0, 0.05) is 18.9 Å². The Kier molecular flexibility index (Phi) is 2.03. The molecule has 2 N–H and O–H groups in total. The first-order valence-corrected chi connectivity index (χ1v) is 5.23. The molecule has 0 saturated heterocycles. The number of nitrogens with zero attached hydrogens (tertiary/aromatic N) is 1. The first-order chi connectivity index (χ1) is 7.43. The lowest BCUT2D eigenvalue weighted by atomic mass is 9.96. The summed E-state index contributed by atoms with van der Waals surface area (Å²) >= 11 is 0. The van der Waals surface area contributed by atoms with E-state index < -0.39 is 0 Å². The molecule has 0 bridgehead atoms. The van der Waals surface area contributed by atoms with E-state index in [0.717, 1.165) is 18.8 Å². The Balaban J connectivity index is 1.89. The Bertz CT molecular complexity index is 448. The van der Waals surface area contributed by atoms with E-state index in [2.05, 4.69) is 39.6 Å². The Labute approximate surface area is 88.6 Å². The second kappa shape index (κ2) is 3.51. The van der Waals surface area contributed by atoms with E-state index in [1.165, 1.54) is 11.1 Å². The van der Waals surface area contributed by atoms with E-state index in [1.807, 2.05) is 6.20 Å². The lowest BCUT2D eigenvalue weighted by molar-refractivity contribution is 0.480. The van der Waals surface area contributed by atoms with E-state index in [0.29, 0.717) is 6.04 Å². The summed E-state index contributed by atoms with van der Waals surface area (Å²) in [6.07, 6.45) is 4.69. The van der Waals surface area contributed by atoms with Crippen LogP contribution < -0.4 is 5.32 Å². The maximum atomic E-state index is 4.29. The number of hydrogen-bond acceptors (Lipinski definition) is 2. The molecule has 2 heterocycles. The van der Waals surface area contributed by atoms with Crippen LogP contribution in [0.15, 0.2) is 36.7 Å². The van der Waals surface area contributed by atoms with E-state index in [-0.39, 0.29) is 0 Å². The minimum absolute atomic E-state index is 0.329. The molecule has 0 amide bonds. The average molecular weight is 199 g/mol. The first kappa shape index (κ1) is 8.68. The van der Waals surface area contributed by atoms with E-state index in [9.17, 15) is 0 Å². The minimum atomic E-state index is 0.329. The Morgan fingerprint density at radius 3 is 2.87 bits per heavy atom. The first-order valence-electron chi connectivity index (χ1n) is 5.23. The van der Waals surface area contributed by atoms with Gasteiger partial charge in [0.25, 0.3) is 0 Å². The van der Waals surface area contributed by atoms with Gasteiger partial charge in [-0.2, -0.15) is 0 Å². The zero-order valence-corrected chi connectivity index (χ0v) is 8.40. The molecule has 2 aromatic rings. The zero-order valence-electron chi connectivity index (χ0n) is 8.40. The van der Waals surface area contributed by atoms with Crippen molar-refractivity contribution in [2.24, 2.45) is 0 Å². The number of imidazole rings is 1. The third kappa shape index (κ3) is 1.55. The molecular weight excluding hydrogens is 186 g/mol. The second-order valence-corrected chi connectivity index (χ2v) is 3.88. The molecule has 76 valence electrons. The quantitative estimate of drug-likeness (QED) is 0.735. The average Bonchev–Trinajstić information content (AvgIpc) is 2.82. The predicted molar refractivity (Wildman–Crippen MR) is 58.3 cm³/mol. The number of hydrogen-bond donors (Lipinski definition) is 2. The van der Waals surface area contributed by atoms with Crippen molar-refractivity contribution in [3.63, 3.8) is 0 Å². The minimum Gasteiger partial charge on any atom is -0.347 e. The van der Waals surface area contributed by atoms with Crippen LogP contribution in [0, 0.1) is 0 Å². The number of fused-ring (bicyclic) bond motifs is 1. The summed E-state index contributed by atoms with van der Waals surface area (Å²) in [5.74, 6) is 1.03. The highest BCUT2D eigenvalue weighted by Gasteiger charge is 2.20. The summed E-state index contributed by atoms with van der Waals surface area (Å²) in [4.78, 5) is 7.46. The fourth-order valence-corrected chi connectivity index (χ4v) is 2.12. The third-order valence-corrected chi connectivity index (χ3v) is 2.93. The van der Waals surface area contributed by atoms with Crippen LogP contribution >= 0.6 is 0 Å². The van der Waals surface area contributed by atoms with Crippen LogP contribution in [0.2, 0.25) is 0 Å². The van der Waals surface area contributed by atoms with Crippen LogP contribution in [0.5, 0.6) is 0 Å². The van der Waals surface area contributed by atoms with Gasteiger partial charge in [0.05, 0.1) is 6.04 Å². The van der Waals surface area contributed by atoms with Gasteiger partial charge >= 0.3 is 0 Å². The molecule has 3 nitrogen and oxygen atoms in total. The highest BCUT2D eigenvalue weighted by Crippen LogP contribution is 2.23. The highest BCUT2D eigenvalue weighted by atomic mass is 15.0. The largest absolute Gasteiger partial charge is 0.347 e. The predicted octanol–water partition coefficient (Wildman–Crippen LogP) is 1.80. The van der Waals surface area contributed by atoms with E-state index in [4.69, 9.17) is 0 Å². The maximum absolute atomic E-state index is 4.29.